The van der Waals surface area contributed by atoms with Gasteiger partial charge >= 0.3 is 5.97 Å². The Bertz CT molecular complexity index is 737. The van der Waals surface area contributed by atoms with Gasteiger partial charge in [0, 0.05) is 24.2 Å². The highest BCUT2D eigenvalue weighted by Crippen LogP contribution is 2.65. The highest BCUT2D eigenvalue weighted by molar-refractivity contribution is 5.97. The maximum atomic E-state index is 13.5. The lowest BCUT2D eigenvalue weighted by Crippen LogP contribution is -2.57. The summed E-state index contributed by atoms with van der Waals surface area (Å²) in [7, 11) is 0. The van der Waals surface area contributed by atoms with E-state index in [-0.39, 0.29) is 34.6 Å². The molecule has 0 heterocycles. The van der Waals surface area contributed by atoms with E-state index < -0.39 is 0 Å². The lowest BCUT2D eigenvalue weighted by Gasteiger charge is -2.59. The summed E-state index contributed by atoms with van der Waals surface area (Å²) in [6.07, 6.45) is 8.92. The number of Topliss-reactive ketones (excluding diaryl/α,β-unsaturated/α-hetero) is 2. The fraction of sp³-hybridized carbons (Fsp3) is 0.792. The minimum absolute atomic E-state index is 0.00935. The molecule has 0 aromatic heterocycles. The minimum atomic E-state index is -0.263. The van der Waals surface area contributed by atoms with Crippen LogP contribution < -0.4 is 0 Å². The molecule has 4 nitrogen and oxygen atoms in total. The average Bonchev–Trinajstić information content (AvgIpc) is 2.98. The van der Waals surface area contributed by atoms with Crippen LogP contribution in [0.3, 0.4) is 0 Å². The molecule has 0 bridgehead atoms. The quantitative estimate of drug-likeness (QED) is 0.662. The zero-order chi connectivity index (χ0) is 20.3. The number of rotatable bonds is 3. The van der Waals surface area contributed by atoms with Gasteiger partial charge in [0.05, 0.1) is 0 Å². The largest absolute Gasteiger partial charge is 0.462 e. The predicted molar refractivity (Wildman–Crippen MR) is 106 cm³/mol. The molecule has 0 radical (unpaired) electrons. The van der Waals surface area contributed by atoms with E-state index >= 15 is 0 Å². The van der Waals surface area contributed by atoms with Crippen molar-refractivity contribution in [1.29, 1.82) is 0 Å². The van der Waals surface area contributed by atoms with Gasteiger partial charge in [0.2, 0.25) is 0 Å². The zero-order valence-electron chi connectivity index (χ0n) is 17.8. The van der Waals surface area contributed by atoms with Gasteiger partial charge in [-0.25, -0.2) is 0 Å². The van der Waals surface area contributed by atoms with Gasteiger partial charge in [-0.3, -0.25) is 14.4 Å². The molecule has 154 valence electrons. The summed E-state index contributed by atoms with van der Waals surface area (Å²) in [6.45, 7) is 7.96. The number of ether oxygens (including phenoxy) is 1. The van der Waals surface area contributed by atoms with E-state index in [1.54, 1.807) is 6.92 Å². The van der Waals surface area contributed by atoms with Crippen LogP contribution in [0.4, 0.5) is 0 Å². The van der Waals surface area contributed by atoms with Crippen molar-refractivity contribution in [1.82, 2.24) is 0 Å². The van der Waals surface area contributed by atoms with Gasteiger partial charge in [0.25, 0.3) is 0 Å². The fourth-order valence-electron chi connectivity index (χ4n) is 7.53. The van der Waals surface area contributed by atoms with Crippen molar-refractivity contribution in [3.8, 4) is 0 Å². The maximum Gasteiger partial charge on any atom is 0.305 e. The number of esters is 1. The number of allylic oxidation sites excluding steroid dienone is 2. The third kappa shape index (κ3) is 2.81. The van der Waals surface area contributed by atoms with Crippen molar-refractivity contribution >= 4 is 17.5 Å². The van der Waals surface area contributed by atoms with Crippen LogP contribution in [0, 0.1) is 34.5 Å². The molecular formula is C24H34O4. The monoisotopic (exact) mass is 386 g/mol. The maximum absolute atomic E-state index is 13.5. The van der Waals surface area contributed by atoms with E-state index in [4.69, 9.17) is 4.74 Å². The summed E-state index contributed by atoms with van der Waals surface area (Å²) < 4.78 is 5.65. The number of hydrogen-bond acceptors (Lipinski definition) is 4. The van der Waals surface area contributed by atoms with E-state index in [1.165, 1.54) is 0 Å². The minimum Gasteiger partial charge on any atom is -0.462 e. The Morgan fingerprint density at radius 3 is 2.64 bits per heavy atom. The SMILES string of the molecule is CCC(=O)OC1CCC2(C)C(CCC3C4CC=C(C(C)=O)C4(C)CC(=O)C32)C1. The van der Waals surface area contributed by atoms with Crippen molar-refractivity contribution in [3.63, 3.8) is 0 Å². The van der Waals surface area contributed by atoms with Gasteiger partial charge in [-0.15, -0.1) is 0 Å². The van der Waals surface area contributed by atoms with Crippen LogP contribution in [0.2, 0.25) is 0 Å². The first-order chi connectivity index (χ1) is 13.2. The second-order valence-electron chi connectivity index (χ2n) is 10.2. The lowest BCUT2D eigenvalue weighted by molar-refractivity contribution is -0.167. The number of carbonyl (C=O) groups excluding carboxylic acids is 3. The standard InChI is InChI=1S/C24H34O4/c1-5-21(27)28-16-10-11-23(3)15(12-16)6-7-17-19-9-8-18(14(2)25)24(19,4)13-20(26)22(17)23/h8,15-17,19,22H,5-7,9-13H2,1-4H3. The second kappa shape index (κ2) is 6.81. The summed E-state index contributed by atoms with van der Waals surface area (Å²) in [4.78, 5) is 37.4. The molecule has 4 aliphatic carbocycles. The van der Waals surface area contributed by atoms with Crippen LogP contribution >= 0.6 is 0 Å². The summed E-state index contributed by atoms with van der Waals surface area (Å²) in [5.74, 6) is 1.75. The summed E-state index contributed by atoms with van der Waals surface area (Å²) in [5.41, 5.74) is 0.642. The molecule has 0 aromatic carbocycles. The van der Waals surface area contributed by atoms with Crippen molar-refractivity contribution in [2.75, 3.05) is 0 Å². The van der Waals surface area contributed by atoms with Crippen LogP contribution in [-0.4, -0.2) is 23.6 Å². The first-order valence-corrected chi connectivity index (χ1v) is 11.1. The molecule has 0 N–H and O–H groups in total. The van der Waals surface area contributed by atoms with E-state index in [2.05, 4.69) is 19.9 Å². The molecule has 0 spiro atoms. The Morgan fingerprint density at radius 1 is 1.21 bits per heavy atom. The molecule has 7 atom stereocenters. The second-order valence-corrected chi connectivity index (χ2v) is 10.2. The first kappa shape index (κ1) is 19.8. The molecule has 4 heteroatoms. The molecule has 0 aliphatic heterocycles. The number of ketones is 2. The third-order valence-corrected chi connectivity index (χ3v) is 8.85. The molecule has 0 aromatic rings. The van der Waals surface area contributed by atoms with Gasteiger partial charge in [-0.2, -0.15) is 0 Å². The fourth-order valence-corrected chi connectivity index (χ4v) is 7.53. The predicted octanol–water partition coefficient (Wildman–Crippen LogP) is 4.66. The normalized spacial score (nSPS) is 44.8. The summed E-state index contributed by atoms with van der Waals surface area (Å²) in [5, 5.41) is 0. The number of fused-ring (bicyclic) bond motifs is 5. The molecule has 4 rings (SSSR count). The molecule has 7 unspecified atom stereocenters. The highest BCUT2D eigenvalue weighted by atomic mass is 16.5. The Hall–Kier alpha value is -1.45. The first-order valence-electron chi connectivity index (χ1n) is 11.1. The van der Waals surface area contributed by atoms with Gasteiger partial charge in [0.1, 0.15) is 11.9 Å². The third-order valence-electron chi connectivity index (χ3n) is 8.85. The molecule has 3 fully saturated rings. The molecule has 4 aliphatic rings. The van der Waals surface area contributed by atoms with Crippen LogP contribution in [0.25, 0.3) is 0 Å². The Kier molecular flexibility index (Phi) is 4.83. The van der Waals surface area contributed by atoms with Gasteiger partial charge in [-0.05, 0) is 74.2 Å². The van der Waals surface area contributed by atoms with E-state index in [0.717, 1.165) is 44.1 Å². The summed E-state index contributed by atoms with van der Waals surface area (Å²) in [6, 6.07) is 0. The average molecular weight is 387 g/mol. The number of hydrogen-bond donors (Lipinski definition) is 0. The van der Waals surface area contributed by atoms with Gasteiger partial charge in [-0.1, -0.05) is 26.8 Å². The summed E-state index contributed by atoms with van der Waals surface area (Å²) >= 11 is 0. The van der Waals surface area contributed by atoms with Crippen molar-refractivity contribution in [2.45, 2.75) is 85.2 Å². The van der Waals surface area contributed by atoms with Gasteiger partial charge in [0.15, 0.2) is 5.78 Å². The van der Waals surface area contributed by atoms with E-state index in [0.29, 0.717) is 36.4 Å². The van der Waals surface area contributed by atoms with Crippen molar-refractivity contribution in [3.05, 3.63) is 11.6 Å². The van der Waals surface area contributed by atoms with Crippen LogP contribution in [-0.2, 0) is 19.1 Å². The Balaban J connectivity index is 1.57. The molecular weight excluding hydrogens is 352 g/mol. The highest BCUT2D eigenvalue weighted by Gasteiger charge is 2.62. The van der Waals surface area contributed by atoms with E-state index in [9.17, 15) is 14.4 Å². The molecule has 3 saturated carbocycles. The van der Waals surface area contributed by atoms with Crippen molar-refractivity contribution in [2.24, 2.45) is 34.5 Å². The Labute approximate surface area is 168 Å². The van der Waals surface area contributed by atoms with Gasteiger partial charge < -0.3 is 4.74 Å². The van der Waals surface area contributed by atoms with Crippen LogP contribution in [0.5, 0.6) is 0 Å². The molecule has 0 saturated heterocycles. The Morgan fingerprint density at radius 2 is 1.96 bits per heavy atom. The zero-order valence-corrected chi connectivity index (χ0v) is 17.8. The van der Waals surface area contributed by atoms with Crippen LogP contribution in [0.1, 0.15) is 79.1 Å². The van der Waals surface area contributed by atoms with Crippen molar-refractivity contribution < 1.29 is 19.1 Å². The topological polar surface area (TPSA) is 60.4 Å². The lowest BCUT2D eigenvalue weighted by atomic mass is 9.44. The van der Waals surface area contributed by atoms with Crippen LogP contribution in [0.15, 0.2) is 11.6 Å². The van der Waals surface area contributed by atoms with E-state index in [1.807, 2.05) is 6.92 Å². The smallest absolute Gasteiger partial charge is 0.305 e. The number of carbonyl (C=O) groups is 3. The molecule has 0 amide bonds. The molecule has 28 heavy (non-hydrogen) atoms.